The molecule has 0 unspecified atom stereocenters. The molecule has 0 aliphatic carbocycles. The molecule has 0 amide bonds. The van der Waals surface area contributed by atoms with Crippen LogP contribution in [0.4, 0.5) is 17.6 Å². The average Bonchev–Trinajstić information content (AvgIpc) is 2.37. The number of nitrogens with zero attached hydrogens (tertiary/aromatic N) is 1. The number of rotatable bonds is 2. The summed E-state index contributed by atoms with van der Waals surface area (Å²) in [5.74, 6) is -0.684. The summed E-state index contributed by atoms with van der Waals surface area (Å²) in [5, 5.41) is 0. The number of alkyl halides is 3. The van der Waals surface area contributed by atoms with Crippen molar-refractivity contribution in [2.24, 2.45) is 5.73 Å². The van der Waals surface area contributed by atoms with E-state index in [1.54, 1.807) is 0 Å². The third kappa shape index (κ3) is 2.73. The maximum atomic E-state index is 13.6. The van der Waals surface area contributed by atoms with Crippen molar-refractivity contribution in [1.82, 2.24) is 4.98 Å². The number of pyridine rings is 1. The molecule has 6 heteroatoms. The molecule has 1 aromatic heterocycles. The van der Waals surface area contributed by atoms with E-state index < -0.39 is 17.6 Å². The van der Waals surface area contributed by atoms with Crippen LogP contribution >= 0.6 is 0 Å². The minimum Gasteiger partial charge on any atom is -0.326 e. The number of aromatic nitrogens is 1. The number of hydrogen-bond acceptors (Lipinski definition) is 2. The van der Waals surface area contributed by atoms with Gasteiger partial charge in [-0.3, -0.25) is 4.98 Å². The molecule has 1 heterocycles. The third-order valence-electron chi connectivity index (χ3n) is 2.67. The Hall–Kier alpha value is -1.95. The summed E-state index contributed by atoms with van der Waals surface area (Å²) in [7, 11) is 0. The SMILES string of the molecule is NCc1ccc(C(F)(F)F)cc1-c1ncccc1F. The van der Waals surface area contributed by atoms with Gasteiger partial charge in [0.2, 0.25) is 0 Å². The molecule has 2 N–H and O–H groups in total. The quantitative estimate of drug-likeness (QED) is 0.850. The van der Waals surface area contributed by atoms with Gasteiger partial charge in [-0.1, -0.05) is 6.07 Å². The van der Waals surface area contributed by atoms with E-state index in [1.807, 2.05) is 0 Å². The van der Waals surface area contributed by atoms with Gasteiger partial charge in [0, 0.05) is 18.3 Å². The predicted octanol–water partition coefficient (Wildman–Crippen LogP) is 3.37. The van der Waals surface area contributed by atoms with Crippen molar-refractivity contribution in [3.63, 3.8) is 0 Å². The maximum absolute atomic E-state index is 13.6. The lowest BCUT2D eigenvalue weighted by Crippen LogP contribution is -2.08. The second-order valence-electron chi connectivity index (χ2n) is 3.91. The van der Waals surface area contributed by atoms with Crippen LogP contribution < -0.4 is 5.73 Å². The minimum absolute atomic E-state index is 0.00346. The van der Waals surface area contributed by atoms with Crippen molar-refractivity contribution in [2.75, 3.05) is 0 Å². The monoisotopic (exact) mass is 270 g/mol. The molecule has 0 aliphatic heterocycles. The highest BCUT2D eigenvalue weighted by Gasteiger charge is 2.31. The van der Waals surface area contributed by atoms with Crippen LogP contribution in [0.2, 0.25) is 0 Å². The van der Waals surface area contributed by atoms with Gasteiger partial charge in [0.05, 0.1) is 5.56 Å². The molecule has 2 rings (SSSR count). The minimum atomic E-state index is -4.49. The Morgan fingerprint density at radius 3 is 2.47 bits per heavy atom. The largest absolute Gasteiger partial charge is 0.416 e. The van der Waals surface area contributed by atoms with Crippen LogP contribution in [0.5, 0.6) is 0 Å². The molecular weight excluding hydrogens is 260 g/mol. The normalized spacial score (nSPS) is 11.6. The highest BCUT2D eigenvalue weighted by molar-refractivity contribution is 5.65. The molecule has 0 atom stereocenters. The van der Waals surface area contributed by atoms with E-state index in [0.717, 1.165) is 18.2 Å². The Kier molecular flexibility index (Phi) is 3.53. The van der Waals surface area contributed by atoms with Crippen LogP contribution in [0, 0.1) is 5.82 Å². The fourth-order valence-electron chi connectivity index (χ4n) is 1.74. The second-order valence-corrected chi connectivity index (χ2v) is 3.91. The molecule has 0 saturated heterocycles. The topological polar surface area (TPSA) is 38.9 Å². The Morgan fingerprint density at radius 2 is 1.89 bits per heavy atom. The lowest BCUT2D eigenvalue weighted by molar-refractivity contribution is -0.137. The maximum Gasteiger partial charge on any atom is 0.416 e. The molecule has 2 nitrogen and oxygen atoms in total. The fourth-order valence-corrected chi connectivity index (χ4v) is 1.74. The molecule has 0 spiro atoms. The van der Waals surface area contributed by atoms with Crippen molar-refractivity contribution < 1.29 is 17.6 Å². The van der Waals surface area contributed by atoms with E-state index in [4.69, 9.17) is 5.73 Å². The van der Waals surface area contributed by atoms with Crippen molar-refractivity contribution in [2.45, 2.75) is 12.7 Å². The van der Waals surface area contributed by atoms with Gasteiger partial charge in [0.15, 0.2) is 0 Å². The van der Waals surface area contributed by atoms with Crippen molar-refractivity contribution in [3.05, 3.63) is 53.5 Å². The third-order valence-corrected chi connectivity index (χ3v) is 2.67. The zero-order chi connectivity index (χ0) is 14.0. The summed E-state index contributed by atoms with van der Waals surface area (Å²) in [6, 6.07) is 5.55. The average molecular weight is 270 g/mol. The van der Waals surface area contributed by atoms with Gasteiger partial charge in [-0.05, 0) is 29.8 Å². The Bertz CT molecular complexity index is 593. The predicted molar refractivity (Wildman–Crippen MR) is 62.5 cm³/mol. The van der Waals surface area contributed by atoms with E-state index in [2.05, 4.69) is 4.98 Å². The van der Waals surface area contributed by atoms with Gasteiger partial charge in [-0.2, -0.15) is 13.2 Å². The summed E-state index contributed by atoms with van der Waals surface area (Å²) in [5.41, 5.74) is 4.95. The van der Waals surface area contributed by atoms with Crippen LogP contribution in [0.1, 0.15) is 11.1 Å². The molecule has 2 aromatic rings. The van der Waals surface area contributed by atoms with Crippen LogP contribution in [0.15, 0.2) is 36.5 Å². The van der Waals surface area contributed by atoms with E-state index in [0.29, 0.717) is 5.56 Å². The van der Waals surface area contributed by atoms with Crippen LogP contribution in [0.3, 0.4) is 0 Å². The van der Waals surface area contributed by atoms with E-state index in [-0.39, 0.29) is 17.8 Å². The molecule has 100 valence electrons. The van der Waals surface area contributed by atoms with Gasteiger partial charge in [0.1, 0.15) is 11.5 Å². The van der Waals surface area contributed by atoms with Gasteiger partial charge < -0.3 is 5.73 Å². The summed E-state index contributed by atoms with van der Waals surface area (Å²) >= 11 is 0. The molecule has 0 saturated carbocycles. The Balaban J connectivity index is 2.64. The molecule has 0 aliphatic rings. The number of hydrogen-bond donors (Lipinski definition) is 1. The second kappa shape index (κ2) is 4.97. The van der Waals surface area contributed by atoms with Crippen molar-refractivity contribution in [3.8, 4) is 11.3 Å². The van der Waals surface area contributed by atoms with Crippen LogP contribution in [-0.2, 0) is 12.7 Å². The van der Waals surface area contributed by atoms with E-state index in [9.17, 15) is 17.6 Å². The molecule has 0 bridgehead atoms. The number of nitrogens with two attached hydrogens (primary N) is 1. The summed E-state index contributed by atoms with van der Waals surface area (Å²) in [6.07, 6.45) is -3.17. The van der Waals surface area contributed by atoms with Crippen molar-refractivity contribution in [1.29, 1.82) is 0 Å². The van der Waals surface area contributed by atoms with Gasteiger partial charge >= 0.3 is 6.18 Å². The first kappa shape index (κ1) is 13.5. The molecular formula is C13H10F4N2. The molecule has 0 fully saturated rings. The standard InChI is InChI=1S/C13H10F4N2/c14-11-2-1-5-19-12(11)10-6-9(13(15,16)17)4-3-8(10)7-18/h1-6H,7,18H2. The van der Waals surface area contributed by atoms with Gasteiger partial charge in [0.25, 0.3) is 0 Å². The fraction of sp³-hybridized carbons (Fsp3) is 0.154. The van der Waals surface area contributed by atoms with Gasteiger partial charge in [-0.25, -0.2) is 4.39 Å². The highest BCUT2D eigenvalue weighted by Crippen LogP contribution is 2.34. The molecule has 1 aromatic carbocycles. The molecule has 0 radical (unpaired) electrons. The zero-order valence-corrected chi connectivity index (χ0v) is 9.71. The zero-order valence-electron chi connectivity index (χ0n) is 9.71. The van der Waals surface area contributed by atoms with Crippen molar-refractivity contribution >= 4 is 0 Å². The first-order valence-corrected chi connectivity index (χ1v) is 5.44. The highest BCUT2D eigenvalue weighted by atomic mass is 19.4. The van der Waals surface area contributed by atoms with Crippen LogP contribution in [0.25, 0.3) is 11.3 Å². The Labute approximate surface area is 106 Å². The van der Waals surface area contributed by atoms with E-state index in [1.165, 1.54) is 18.3 Å². The number of halogens is 4. The number of benzene rings is 1. The molecule has 19 heavy (non-hydrogen) atoms. The summed E-state index contributed by atoms with van der Waals surface area (Å²) in [6.45, 7) is 0.00346. The van der Waals surface area contributed by atoms with Gasteiger partial charge in [-0.15, -0.1) is 0 Å². The summed E-state index contributed by atoms with van der Waals surface area (Å²) in [4.78, 5) is 3.78. The Morgan fingerprint density at radius 1 is 1.16 bits per heavy atom. The lowest BCUT2D eigenvalue weighted by atomic mass is 10.00. The smallest absolute Gasteiger partial charge is 0.326 e. The summed E-state index contributed by atoms with van der Waals surface area (Å²) < 4.78 is 51.7. The van der Waals surface area contributed by atoms with E-state index >= 15 is 0 Å². The first-order valence-electron chi connectivity index (χ1n) is 5.44. The lowest BCUT2D eigenvalue weighted by Gasteiger charge is -2.12. The first-order chi connectivity index (χ1) is 8.93. The van der Waals surface area contributed by atoms with Crippen LogP contribution in [-0.4, -0.2) is 4.98 Å².